The van der Waals surface area contributed by atoms with Gasteiger partial charge in [-0.3, -0.25) is 4.79 Å². The summed E-state index contributed by atoms with van der Waals surface area (Å²) >= 11 is 0. The second-order valence-electron chi connectivity index (χ2n) is 5.09. The van der Waals surface area contributed by atoms with Gasteiger partial charge in [-0.25, -0.2) is 0 Å². The summed E-state index contributed by atoms with van der Waals surface area (Å²) in [6.45, 7) is 0. The normalized spacial score (nSPS) is 20.8. The molecule has 0 saturated heterocycles. The summed E-state index contributed by atoms with van der Waals surface area (Å²) in [6.07, 6.45) is 3.85. The molecular formula is C14H17ClN4O2. The van der Waals surface area contributed by atoms with Gasteiger partial charge < -0.3 is 15.6 Å². The molecule has 2 atom stereocenters. The molecule has 0 spiro atoms. The van der Waals surface area contributed by atoms with Crippen molar-refractivity contribution < 1.29 is 9.32 Å². The Hall–Kier alpha value is -1.92. The lowest BCUT2D eigenvalue weighted by Crippen LogP contribution is -2.23. The van der Waals surface area contributed by atoms with Crippen LogP contribution >= 0.6 is 12.4 Å². The summed E-state index contributed by atoms with van der Waals surface area (Å²) in [5, 5.41) is 6.68. The number of benzene rings is 1. The van der Waals surface area contributed by atoms with Gasteiger partial charge in [-0.1, -0.05) is 5.16 Å². The lowest BCUT2D eigenvalue weighted by atomic mass is 10.1. The van der Waals surface area contributed by atoms with E-state index in [4.69, 9.17) is 10.3 Å². The number of rotatable bonds is 3. The highest BCUT2D eigenvalue weighted by atomic mass is 35.5. The molecule has 2 unspecified atom stereocenters. The van der Waals surface area contributed by atoms with Crippen molar-refractivity contribution in [2.75, 3.05) is 5.32 Å². The zero-order chi connectivity index (χ0) is 13.9. The summed E-state index contributed by atoms with van der Waals surface area (Å²) in [4.78, 5) is 16.0. The Bertz CT molecular complexity index is 586. The molecule has 0 bridgehead atoms. The van der Waals surface area contributed by atoms with E-state index in [0.29, 0.717) is 5.82 Å². The summed E-state index contributed by atoms with van der Waals surface area (Å²) in [5.41, 5.74) is 7.44. The molecule has 3 N–H and O–H groups in total. The maximum Gasteiger partial charge on any atom is 0.227 e. The molecule has 1 aliphatic carbocycles. The fraction of sp³-hybridized carbons (Fsp3) is 0.357. The molecule has 1 amide bonds. The van der Waals surface area contributed by atoms with Crippen LogP contribution in [0.5, 0.6) is 0 Å². The van der Waals surface area contributed by atoms with Crippen LogP contribution in [-0.4, -0.2) is 22.1 Å². The smallest absolute Gasteiger partial charge is 0.227 e. The summed E-state index contributed by atoms with van der Waals surface area (Å²) < 4.78 is 4.70. The van der Waals surface area contributed by atoms with Crippen molar-refractivity contribution in [3.05, 3.63) is 30.7 Å². The Labute approximate surface area is 128 Å². The molecule has 1 aromatic heterocycles. The van der Waals surface area contributed by atoms with Crippen LogP contribution < -0.4 is 11.1 Å². The van der Waals surface area contributed by atoms with Crippen molar-refractivity contribution in [1.29, 1.82) is 0 Å². The molecular weight excluding hydrogens is 292 g/mol. The van der Waals surface area contributed by atoms with Gasteiger partial charge >= 0.3 is 0 Å². The first-order chi connectivity index (χ1) is 9.72. The summed E-state index contributed by atoms with van der Waals surface area (Å²) in [5.74, 6) is 0.608. The standard InChI is InChI=1S/C14H16N4O2.ClH/c15-11-4-1-10(7-11)14(19)17-12-5-2-9(3-6-12)13-16-8-20-18-13;/h2-3,5-6,8,10-11H,1,4,7,15H2,(H,17,19);1H. The van der Waals surface area contributed by atoms with Crippen LogP contribution in [0.3, 0.4) is 0 Å². The number of carbonyl (C=O) groups is 1. The third-order valence-corrected chi connectivity index (χ3v) is 3.62. The largest absolute Gasteiger partial charge is 0.342 e. The Morgan fingerprint density at radius 1 is 1.29 bits per heavy atom. The predicted molar refractivity (Wildman–Crippen MR) is 80.9 cm³/mol. The summed E-state index contributed by atoms with van der Waals surface area (Å²) in [6, 6.07) is 7.52. The minimum absolute atomic E-state index is 0. The molecule has 0 aliphatic heterocycles. The monoisotopic (exact) mass is 308 g/mol. The minimum atomic E-state index is 0. The van der Waals surface area contributed by atoms with E-state index < -0.39 is 0 Å². The number of nitrogens with two attached hydrogens (primary N) is 1. The van der Waals surface area contributed by atoms with Crippen LogP contribution in [0, 0.1) is 5.92 Å². The highest BCUT2D eigenvalue weighted by molar-refractivity contribution is 5.93. The number of nitrogens with zero attached hydrogens (tertiary/aromatic N) is 2. The Morgan fingerprint density at radius 2 is 2.05 bits per heavy atom. The van der Waals surface area contributed by atoms with Gasteiger partial charge in [0.05, 0.1) is 0 Å². The SMILES string of the molecule is Cl.NC1CCC(C(=O)Nc2ccc(-c3ncon3)cc2)C1. The molecule has 1 aliphatic rings. The molecule has 3 rings (SSSR count). The van der Waals surface area contributed by atoms with Gasteiger partial charge in [-0.2, -0.15) is 4.98 Å². The van der Waals surface area contributed by atoms with E-state index in [9.17, 15) is 4.79 Å². The molecule has 6 nitrogen and oxygen atoms in total. The number of nitrogens with one attached hydrogen (secondary N) is 1. The van der Waals surface area contributed by atoms with Gasteiger partial charge in [0.15, 0.2) is 0 Å². The third kappa shape index (κ3) is 3.59. The number of hydrogen-bond donors (Lipinski definition) is 2. The zero-order valence-electron chi connectivity index (χ0n) is 11.4. The van der Waals surface area contributed by atoms with Crippen LogP contribution in [0.1, 0.15) is 19.3 Å². The van der Waals surface area contributed by atoms with Gasteiger partial charge in [0.1, 0.15) is 0 Å². The fourth-order valence-corrected chi connectivity index (χ4v) is 2.50. The van der Waals surface area contributed by atoms with E-state index in [1.54, 1.807) is 0 Å². The van der Waals surface area contributed by atoms with Crippen LogP contribution in [-0.2, 0) is 4.79 Å². The molecule has 21 heavy (non-hydrogen) atoms. The molecule has 1 saturated carbocycles. The zero-order valence-corrected chi connectivity index (χ0v) is 12.2. The van der Waals surface area contributed by atoms with E-state index in [1.165, 1.54) is 6.39 Å². The van der Waals surface area contributed by atoms with Gasteiger partial charge in [-0.15, -0.1) is 12.4 Å². The first kappa shape index (κ1) is 15.5. The quantitative estimate of drug-likeness (QED) is 0.906. The molecule has 112 valence electrons. The highest BCUT2D eigenvalue weighted by Gasteiger charge is 2.27. The first-order valence-corrected chi connectivity index (χ1v) is 6.65. The molecule has 1 aromatic carbocycles. The topological polar surface area (TPSA) is 94.0 Å². The maximum absolute atomic E-state index is 12.1. The van der Waals surface area contributed by atoms with Crippen LogP contribution in [0.2, 0.25) is 0 Å². The number of anilines is 1. The molecule has 2 aromatic rings. The van der Waals surface area contributed by atoms with Crippen LogP contribution in [0.25, 0.3) is 11.4 Å². The van der Waals surface area contributed by atoms with E-state index in [0.717, 1.165) is 30.5 Å². The van der Waals surface area contributed by atoms with Crippen molar-refractivity contribution in [2.24, 2.45) is 11.7 Å². The first-order valence-electron chi connectivity index (χ1n) is 6.65. The lowest BCUT2D eigenvalue weighted by molar-refractivity contribution is -0.119. The maximum atomic E-state index is 12.1. The fourth-order valence-electron chi connectivity index (χ4n) is 2.50. The predicted octanol–water partition coefficient (Wildman–Crippen LogP) is 2.22. The average Bonchev–Trinajstić information content (AvgIpc) is 3.10. The second-order valence-corrected chi connectivity index (χ2v) is 5.09. The van der Waals surface area contributed by atoms with Crippen LogP contribution in [0.15, 0.2) is 35.2 Å². The Kier molecular flexibility index (Phi) is 4.93. The van der Waals surface area contributed by atoms with Crippen molar-refractivity contribution in [2.45, 2.75) is 25.3 Å². The van der Waals surface area contributed by atoms with Gasteiger partial charge in [-0.05, 0) is 43.5 Å². The van der Waals surface area contributed by atoms with Crippen molar-refractivity contribution in [3.63, 3.8) is 0 Å². The molecule has 0 radical (unpaired) electrons. The number of hydrogen-bond acceptors (Lipinski definition) is 5. The number of aromatic nitrogens is 2. The van der Waals surface area contributed by atoms with Crippen molar-refractivity contribution in [3.8, 4) is 11.4 Å². The third-order valence-electron chi connectivity index (χ3n) is 3.62. The minimum Gasteiger partial charge on any atom is -0.342 e. The summed E-state index contributed by atoms with van der Waals surface area (Å²) in [7, 11) is 0. The average molecular weight is 309 g/mol. The number of carbonyl (C=O) groups excluding carboxylic acids is 1. The van der Waals surface area contributed by atoms with E-state index in [-0.39, 0.29) is 30.3 Å². The van der Waals surface area contributed by atoms with Crippen molar-refractivity contribution >= 4 is 24.0 Å². The Morgan fingerprint density at radius 3 is 2.62 bits per heavy atom. The van der Waals surface area contributed by atoms with Gasteiger partial charge in [0.25, 0.3) is 0 Å². The molecule has 7 heteroatoms. The van der Waals surface area contributed by atoms with E-state index in [1.807, 2.05) is 24.3 Å². The number of amides is 1. The van der Waals surface area contributed by atoms with Gasteiger partial charge in [0.2, 0.25) is 18.1 Å². The lowest BCUT2D eigenvalue weighted by Gasteiger charge is -2.10. The van der Waals surface area contributed by atoms with Gasteiger partial charge in [0, 0.05) is 23.2 Å². The van der Waals surface area contributed by atoms with Crippen LogP contribution in [0.4, 0.5) is 5.69 Å². The second kappa shape index (κ2) is 6.69. The number of halogens is 1. The van der Waals surface area contributed by atoms with Crippen molar-refractivity contribution in [1.82, 2.24) is 10.1 Å². The van der Waals surface area contributed by atoms with E-state index >= 15 is 0 Å². The van der Waals surface area contributed by atoms with E-state index in [2.05, 4.69) is 15.5 Å². The molecule has 1 fully saturated rings. The highest BCUT2D eigenvalue weighted by Crippen LogP contribution is 2.26. The Balaban J connectivity index is 0.00000161. The molecule has 1 heterocycles.